The van der Waals surface area contributed by atoms with E-state index in [0.29, 0.717) is 43.0 Å². The second-order valence-electron chi connectivity index (χ2n) is 8.66. The highest BCUT2D eigenvalue weighted by Crippen LogP contribution is 2.26. The number of fused-ring (bicyclic) bond motifs is 1. The van der Waals surface area contributed by atoms with Crippen LogP contribution >= 0.6 is 0 Å². The first kappa shape index (κ1) is 23.3. The van der Waals surface area contributed by atoms with E-state index in [1.54, 1.807) is 45.5 Å². The van der Waals surface area contributed by atoms with Crippen LogP contribution in [0.2, 0.25) is 0 Å². The molecular weight excluding hydrogens is 460 g/mol. The molecule has 1 fully saturated rings. The van der Waals surface area contributed by atoms with Crippen LogP contribution < -0.4 is 20.5 Å². The summed E-state index contributed by atoms with van der Waals surface area (Å²) in [5, 5.41) is 7.61. The molecule has 1 aliphatic heterocycles. The zero-order chi connectivity index (χ0) is 25.1. The minimum absolute atomic E-state index is 0.0885. The maximum atomic E-state index is 12.9. The van der Waals surface area contributed by atoms with Crippen LogP contribution in [0, 0.1) is 5.92 Å². The van der Waals surface area contributed by atoms with Crippen molar-refractivity contribution in [1.82, 2.24) is 24.6 Å². The van der Waals surface area contributed by atoms with Gasteiger partial charge in [0.05, 0.1) is 32.3 Å². The van der Waals surface area contributed by atoms with Crippen LogP contribution in [0.25, 0.3) is 11.0 Å². The van der Waals surface area contributed by atoms with Crippen LogP contribution in [0.15, 0.2) is 71.9 Å². The largest absolute Gasteiger partial charge is 0.497 e. The summed E-state index contributed by atoms with van der Waals surface area (Å²) >= 11 is 0. The minimum Gasteiger partial charge on any atom is -0.497 e. The van der Waals surface area contributed by atoms with E-state index < -0.39 is 5.92 Å². The maximum Gasteiger partial charge on any atom is 0.264 e. The zero-order valence-corrected chi connectivity index (χ0v) is 19.8. The average molecular weight is 487 g/mol. The predicted octanol–water partition coefficient (Wildman–Crippen LogP) is 1.82. The summed E-state index contributed by atoms with van der Waals surface area (Å²) in [6.45, 7) is 1.41. The van der Waals surface area contributed by atoms with Gasteiger partial charge in [-0.3, -0.25) is 19.0 Å². The van der Waals surface area contributed by atoms with Gasteiger partial charge in [-0.2, -0.15) is 5.10 Å². The third-order valence-electron chi connectivity index (χ3n) is 6.32. The number of benzene rings is 2. The second kappa shape index (κ2) is 10.0. The van der Waals surface area contributed by atoms with E-state index in [-0.39, 0.29) is 23.8 Å². The number of methoxy groups -OCH3 is 1. The Balaban J connectivity index is 1.19. The molecule has 2 aromatic heterocycles. The van der Waals surface area contributed by atoms with Crippen LogP contribution in [0.3, 0.4) is 0 Å². The van der Waals surface area contributed by atoms with Gasteiger partial charge in [0.15, 0.2) is 5.65 Å². The summed E-state index contributed by atoms with van der Waals surface area (Å²) in [5.74, 6) is -0.00362. The van der Waals surface area contributed by atoms with E-state index >= 15 is 0 Å². The molecule has 1 N–H and O–H groups in total. The Morgan fingerprint density at radius 1 is 1.11 bits per heavy atom. The molecule has 2 aromatic carbocycles. The molecule has 0 spiro atoms. The molecule has 0 saturated carbocycles. The molecule has 0 aliphatic carbocycles. The lowest BCUT2D eigenvalue weighted by molar-refractivity contribution is -0.126. The molecular formula is C26H26N6O4. The quantitative estimate of drug-likeness (QED) is 0.407. The Morgan fingerprint density at radius 2 is 1.89 bits per heavy atom. The number of carbonyl (C=O) groups excluding carboxylic acids is 2. The van der Waals surface area contributed by atoms with Crippen molar-refractivity contribution in [2.75, 3.05) is 25.1 Å². The molecule has 1 saturated heterocycles. The van der Waals surface area contributed by atoms with E-state index in [2.05, 4.69) is 15.4 Å². The summed E-state index contributed by atoms with van der Waals surface area (Å²) in [6.07, 6.45) is 3.19. The third-order valence-corrected chi connectivity index (χ3v) is 6.32. The topological polar surface area (TPSA) is 111 Å². The number of ether oxygens (including phenoxy) is 1. The van der Waals surface area contributed by atoms with Crippen LogP contribution in [-0.4, -0.2) is 51.3 Å². The van der Waals surface area contributed by atoms with Gasteiger partial charge in [0.1, 0.15) is 17.5 Å². The van der Waals surface area contributed by atoms with Gasteiger partial charge in [-0.1, -0.05) is 30.3 Å². The number of aromatic nitrogens is 4. The Morgan fingerprint density at radius 3 is 2.64 bits per heavy atom. The molecule has 5 rings (SSSR count). The van der Waals surface area contributed by atoms with E-state index in [9.17, 15) is 14.4 Å². The summed E-state index contributed by atoms with van der Waals surface area (Å²) in [5.41, 5.74) is 2.05. The second-order valence-corrected chi connectivity index (χ2v) is 8.66. The van der Waals surface area contributed by atoms with Crippen molar-refractivity contribution in [2.45, 2.75) is 19.5 Å². The fraction of sp³-hybridized carbons (Fsp3) is 0.269. The fourth-order valence-electron chi connectivity index (χ4n) is 4.38. The van der Waals surface area contributed by atoms with Gasteiger partial charge in [-0.05, 0) is 29.8 Å². The van der Waals surface area contributed by atoms with Crippen LogP contribution in [0.1, 0.15) is 12.0 Å². The highest BCUT2D eigenvalue weighted by atomic mass is 16.5. The number of rotatable bonds is 8. The standard InChI is InChI=1S/C26H26N6O4/c1-36-21-9-7-20(8-10-21)31-16-19(13-23(31)33)25(34)27-11-12-32-24-22(14-29-32)26(35)30(17-28-24)15-18-5-3-2-4-6-18/h2-10,14,17,19H,11-13,15-16H2,1H3,(H,27,34). The first-order chi connectivity index (χ1) is 17.5. The Kier molecular flexibility index (Phi) is 6.48. The van der Waals surface area contributed by atoms with Crippen LogP contribution in [0.4, 0.5) is 5.69 Å². The summed E-state index contributed by atoms with van der Waals surface area (Å²) in [7, 11) is 1.58. The van der Waals surface area contributed by atoms with Crippen molar-refractivity contribution < 1.29 is 14.3 Å². The van der Waals surface area contributed by atoms with Gasteiger partial charge in [-0.25, -0.2) is 9.67 Å². The molecule has 1 atom stereocenters. The molecule has 2 amide bonds. The highest BCUT2D eigenvalue weighted by Gasteiger charge is 2.35. The predicted molar refractivity (Wildman–Crippen MR) is 134 cm³/mol. The summed E-state index contributed by atoms with van der Waals surface area (Å²) < 4.78 is 8.32. The lowest BCUT2D eigenvalue weighted by Gasteiger charge is -2.17. The van der Waals surface area contributed by atoms with Crippen molar-refractivity contribution in [2.24, 2.45) is 5.92 Å². The van der Waals surface area contributed by atoms with Gasteiger partial charge in [0.25, 0.3) is 5.56 Å². The van der Waals surface area contributed by atoms with Crippen molar-refractivity contribution in [3.63, 3.8) is 0 Å². The maximum absolute atomic E-state index is 12.9. The van der Waals surface area contributed by atoms with Gasteiger partial charge in [0, 0.05) is 25.2 Å². The summed E-state index contributed by atoms with van der Waals surface area (Å²) in [4.78, 5) is 44.1. The lowest BCUT2D eigenvalue weighted by atomic mass is 10.1. The monoisotopic (exact) mass is 486 g/mol. The number of amides is 2. The van der Waals surface area contributed by atoms with E-state index in [4.69, 9.17) is 4.74 Å². The number of hydrogen-bond acceptors (Lipinski definition) is 6. The molecule has 1 unspecified atom stereocenters. The number of anilines is 1. The van der Waals surface area contributed by atoms with E-state index in [1.807, 2.05) is 30.3 Å². The van der Waals surface area contributed by atoms with Crippen molar-refractivity contribution in [1.29, 1.82) is 0 Å². The smallest absolute Gasteiger partial charge is 0.264 e. The fourth-order valence-corrected chi connectivity index (χ4v) is 4.38. The SMILES string of the molecule is COc1ccc(N2CC(C(=O)NCCn3ncc4c(=O)n(Cc5ccccc5)cnc43)CC2=O)cc1. The Labute approximate surface area is 207 Å². The average Bonchev–Trinajstić information content (AvgIpc) is 3.50. The van der Waals surface area contributed by atoms with Gasteiger partial charge >= 0.3 is 0 Å². The molecule has 3 heterocycles. The molecule has 36 heavy (non-hydrogen) atoms. The van der Waals surface area contributed by atoms with Gasteiger partial charge in [-0.15, -0.1) is 0 Å². The molecule has 1 aliphatic rings. The number of nitrogens with zero attached hydrogens (tertiary/aromatic N) is 5. The van der Waals surface area contributed by atoms with Crippen molar-refractivity contribution in [3.8, 4) is 5.75 Å². The number of hydrogen-bond donors (Lipinski definition) is 1. The van der Waals surface area contributed by atoms with Crippen molar-refractivity contribution >= 4 is 28.5 Å². The number of carbonyl (C=O) groups is 2. The molecule has 4 aromatic rings. The Bertz CT molecular complexity index is 1450. The molecule has 10 heteroatoms. The normalized spacial score (nSPS) is 15.4. The molecule has 184 valence electrons. The van der Waals surface area contributed by atoms with Gasteiger partial charge in [0.2, 0.25) is 11.8 Å². The van der Waals surface area contributed by atoms with Gasteiger partial charge < -0.3 is 15.0 Å². The van der Waals surface area contributed by atoms with Crippen LogP contribution in [0.5, 0.6) is 5.75 Å². The lowest BCUT2D eigenvalue weighted by Crippen LogP contribution is -2.35. The van der Waals surface area contributed by atoms with Crippen molar-refractivity contribution in [3.05, 3.63) is 83.0 Å². The Hall–Kier alpha value is -4.47. The first-order valence-corrected chi connectivity index (χ1v) is 11.7. The van der Waals surface area contributed by atoms with E-state index in [1.165, 1.54) is 12.5 Å². The third kappa shape index (κ3) is 4.70. The molecule has 10 nitrogen and oxygen atoms in total. The summed E-state index contributed by atoms with van der Waals surface area (Å²) in [6, 6.07) is 16.9. The minimum atomic E-state index is -0.433. The first-order valence-electron chi connectivity index (χ1n) is 11.7. The van der Waals surface area contributed by atoms with E-state index in [0.717, 1.165) is 11.3 Å². The number of nitrogens with one attached hydrogen (secondary N) is 1. The molecule has 0 bridgehead atoms. The van der Waals surface area contributed by atoms with Crippen LogP contribution in [-0.2, 0) is 22.7 Å². The highest BCUT2D eigenvalue weighted by molar-refractivity contribution is 6.00. The zero-order valence-electron chi connectivity index (χ0n) is 19.8. The molecule has 0 radical (unpaired) electrons.